The number of benzene rings is 4. The fourth-order valence-electron chi connectivity index (χ4n) is 8.14. The molecule has 0 saturated carbocycles. The van der Waals surface area contributed by atoms with Crippen LogP contribution in [0.15, 0.2) is 91.0 Å². The van der Waals surface area contributed by atoms with Crippen LogP contribution in [0, 0.1) is 5.92 Å². The minimum Gasteiger partial charge on any atom is -0.460 e. The van der Waals surface area contributed by atoms with Crippen molar-refractivity contribution in [2.75, 3.05) is 49.6 Å². The summed E-state index contributed by atoms with van der Waals surface area (Å²) in [5.74, 6) is -4.03. The summed E-state index contributed by atoms with van der Waals surface area (Å²) in [6.07, 6.45) is -0.141. The standard InChI is InChI=1S/C50H57N5O9/c1-8-61-26-25-53-23-24-54(42(56)29-53)34-21-19-31(20-22-34)44(51)43(47(59)62-30-33-14-11-16-36-35-15-10-9-13-32(35)27-37(33)36)45(57)52-39-17-12-18-40-38(39)28-41(46(58)63-49(2,3)4)55(40)48(60)64-50(5,6)7/h9-22,28,43-44H,8,23-27,29-30,51H2,1-7H3,(H,52,57). The molecule has 2 atom stereocenters. The molecule has 4 aromatic carbocycles. The van der Waals surface area contributed by atoms with E-state index in [-0.39, 0.29) is 36.0 Å². The number of esters is 2. The van der Waals surface area contributed by atoms with E-state index in [0.717, 1.165) is 26.8 Å². The van der Waals surface area contributed by atoms with E-state index >= 15 is 0 Å². The molecule has 1 aromatic heterocycles. The summed E-state index contributed by atoms with van der Waals surface area (Å²) in [6.45, 7) is 15.3. The molecule has 3 N–H and O–H groups in total. The van der Waals surface area contributed by atoms with Crippen molar-refractivity contribution in [1.82, 2.24) is 9.47 Å². The number of ether oxygens (including phenoxy) is 4. The summed E-state index contributed by atoms with van der Waals surface area (Å²) >= 11 is 0. The number of nitrogens with two attached hydrogens (primary N) is 1. The Bertz CT molecular complexity index is 2570. The van der Waals surface area contributed by atoms with E-state index in [2.05, 4.69) is 22.3 Å². The lowest BCUT2D eigenvalue weighted by Gasteiger charge is -2.34. The number of carbonyl (C=O) groups is 5. The van der Waals surface area contributed by atoms with E-state index in [4.69, 9.17) is 24.7 Å². The second kappa shape index (κ2) is 18.8. The van der Waals surface area contributed by atoms with E-state index in [9.17, 15) is 24.0 Å². The van der Waals surface area contributed by atoms with Crippen molar-refractivity contribution in [3.05, 3.63) is 119 Å². The van der Waals surface area contributed by atoms with Gasteiger partial charge in [0.2, 0.25) is 11.8 Å². The minimum atomic E-state index is -1.57. The van der Waals surface area contributed by atoms with E-state index in [1.807, 2.05) is 37.3 Å². The summed E-state index contributed by atoms with van der Waals surface area (Å²) in [7, 11) is 0. The van der Waals surface area contributed by atoms with Crippen LogP contribution >= 0.6 is 0 Å². The van der Waals surface area contributed by atoms with Gasteiger partial charge >= 0.3 is 18.0 Å². The zero-order valence-electron chi connectivity index (χ0n) is 37.6. The summed E-state index contributed by atoms with van der Waals surface area (Å²) in [6, 6.07) is 26.0. The molecule has 0 spiro atoms. The molecule has 14 nitrogen and oxygen atoms in total. The molecule has 2 unspecified atom stereocenters. The maximum Gasteiger partial charge on any atom is 0.419 e. The van der Waals surface area contributed by atoms with Gasteiger partial charge in [-0.25, -0.2) is 14.2 Å². The molecule has 1 saturated heterocycles. The van der Waals surface area contributed by atoms with Crippen molar-refractivity contribution in [2.45, 2.75) is 78.7 Å². The Hall–Kier alpha value is -6.35. The molecule has 7 rings (SSSR count). The molecule has 1 aliphatic carbocycles. The average Bonchev–Trinajstić information content (AvgIpc) is 3.83. The second-order valence-electron chi connectivity index (χ2n) is 18.1. The van der Waals surface area contributed by atoms with Crippen LogP contribution in [0.5, 0.6) is 0 Å². The zero-order valence-corrected chi connectivity index (χ0v) is 37.6. The van der Waals surface area contributed by atoms with Gasteiger partial charge < -0.3 is 34.9 Å². The number of rotatable bonds is 13. The Morgan fingerprint density at radius 1 is 0.828 bits per heavy atom. The average molecular weight is 872 g/mol. The van der Waals surface area contributed by atoms with E-state index in [1.54, 1.807) is 88.9 Å². The minimum absolute atomic E-state index is 0.0550. The van der Waals surface area contributed by atoms with Crippen LogP contribution in [0.2, 0.25) is 0 Å². The fourth-order valence-corrected chi connectivity index (χ4v) is 8.14. The summed E-state index contributed by atoms with van der Waals surface area (Å²) in [4.78, 5) is 73.2. The number of carbonyl (C=O) groups excluding carboxylic acids is 5. The molecule has 336 valence electrons. The third-order valence-corrected chi connectivity index (χ3v) is 11.1. The Morgan fingerprint density at radius 2 is 1.53 bits per heavy atom. The van der Waals surface area contributed by atoms with E-state index in [1.165, 1.54) is 11.6 Å². The highest BCUT2D eigenvalue weighted by molar-refractivity contribution is 6.12. The monoisotopic (exact) mass is 871 g/mol. The Balaban J connectivity index is 1.19. The Labute approximate surface area is 373 Å². The highest BCUT2D eigenvalue weighted by atomic mass is 16.6. The second-order valence-corrected chi connectivity index (χ2v) is 18.1. The van der Waals surface area contributed by atoms with Gasteiger partial charge in [-0.15, -0.1) is 0 Å². The molecule has 64 heavy (non-hydrogen) atoms. The number of piperazine rings is 1. The van der Waals surface area contributed by atoms with Gasteiger partial charge in [0, 0.05) is 37.3 Å². The first-order valence-corrected chi connectivity index (χ1v) is 21.7. The number of nitrogens with zero attached hydrogens (tertiary/aromatic N) is 3. The van der Waals surface area contributed by atoms with Crippen LogP contribution in [0.3, 0.4) is 0 Å². The summed E-state index contributed by atoms with van der Waals surface area (Å²) in [5.41, 5.74) is 11.8. The van der Waals surface area contributed by atoms with Gasteiger partial charge in [-0.2, -0.15) is 0 Å². The molecule has 14 heteroatoms. The highest BCUT2D eigenvalue weighted by Crippen LogP contribution is 2.39. The molecule has 2 heterocycles. The predicted molar refractivity (Wildman–Crippen MR) is 244 cm³/mol. The number of anilines is 2. The first-order valence-electron chi connectivity index (χ1n) is 21.7. The number of amides is 2. The van der Waals surface area contributed by atoms with Crippen LogP contribution < -0.4 is 16.0 Å². The SMILES string of the molecule is CCOCCN1CCN(c2ccc(C(N)C(C(=O)Nc3cccc4c3cc(C(=O)OC(C)(C)C)n4C(=O)OC(C)(C)C)C(=O)OCc3cccc4c3Cc3ccccc3-4)cc2)C(=O)C1. The molecule has 1 aliphatic heterocycles. The molecule has 0 radical (unpaired) electrons. The number of fused-ring (bicyclic) bond motifs is 4. The van der Waals surface area contributed by atoms with Crippen molar-refractivity contribution >= 4 is 52.1 Å². The molecule has 2 amide bonds. The number of hydrogen-bond acceptors (Lipinski definition) is 11. The van der Waals surface area contributed by atoms with Gasteiger partial charge in [-0.05, 0) is 119 Å². The molecule has 1 fully saturated rings. The van der Waals surface area contributed by atoms with Crippen LogP contribution in [0.1, 0.15) is 87.3 Å². The predicted octanol–water partition coefficient (Wildman–Crippen LogP) is 7.63. The van der Waals surface area contributed by atoms with Gasteiger partial charge in [0.15, 0.2) is 5.92 Å². The summed E-state index contributed by atoms with van der Waals surface area (Å²) < 4.78 is 23.9. The zero-order chi connectivity index (χ0) is 45.9. The smallest absolute Gasteiger partial charge is 0.419 e. The molecule has 2 aliphatic rings. The van der Waals surface area contributed by atoms with Crippen LogP contribution in [-0.4, -0.2) is 89.9 Å². The maximum atomic E-state index is 14.6. The lowest BCUT2D eigenvalue weighted by atomic mass is 9.92. The summed E-state index contributed by atoms with van der Waals surface area (Å²) in [5, 5.41) is 3.19. The first kappa shape index (κ1) is 45.7. The van der Waals surface area contributed by atoms with Crippen molar-refractivity contribution in [3.63, 3.8) is 0 Å². The van der Waals surface area contributed by atoms with Gasteiger partial charge in [0.25, 0.3) is 0 Å². The quantitative estimate of drug-likeness (QED) is 0.0506. The van der Waals surface area contributed by atoms with Crippen molar-refractivity contribution in [2.24, 2.45) is 11.7 Å². The van der Waals surface area contributed by atoms with Crippen LogP contribution in [0.25, 0.3) is 22.0 Å². The van der Waals surface area contributed by atoms with Gasteiger partial charge in [-0.1, -0.05) is 60.7 Å². The first-order chi connectivity index (χ1) is 30.4. The molecular weight excluding hydrogens is 815 g/mol. The Morgan fingerprint density at radius 3 is 2.23 bits per heavy atom. The number of hydrogen-bond donors (Lipinski definition) is 2. The topological polar surface area (TPSA) is 172 Å². The largest absolute Gasteiger partial charge is 0.460 e. The van der Waals surface area contributed by atoms with Gasteiger partial charge in [0.05, 0.1) is 30.4 Å². The highest BCUT2D eigenvalue weighted by Gasteiger charge is 2.37. The maximum absolute atomic E-state index is 14.6. The molecular formula is C50H57N5O9. The Kier molecular flexibility index (Phi) is 13.4. The normalized spacial score (nSPS) is 15.0. The number of aromatic nitrogens is 1. The third-order valence-electron chi connectivity index (χ3n) is 11.1. The van der Waals surface area contributed by atoms with Crippen LogP contribution in [-0.2, 0) is 46.4 Å². The van der Waals surface area contributed by atoms with Crippen molar-refractivity contribution in [1.29, 1.82) is 0 Å². The lowest BCUT2D eigenvalue weighted by molar-refractivity contribution is -0.153. The number of nitrogens with one attached hydrogen (secondary N) is 1. The lowest BCUT2D eigenvalue weighted by Crippen LogP contribution is -2.51. The van der Waals surface area contributed by atoms with Crippen molar-refractivity contribution in [3.8, 4) is 11.1 Å². The van der Waals surface area contributed by atoms with E-state index < -0.39 is 47.1 Å². The fraction of sp³-hybridized carbons (Fsp3) is 0.380. The van der Waals surface area contributed by atoms with Gasteiger partial charge in [0.1, 0.15) is 23.5 Å². The van der Waals surface area contributed by atoms with Crippen LogP contribution in [0.4, 0.5) is 16.2 Å². The van der Waals surface area contributed by atoms with Gasteiger partial charge in [-0.3, -0.25) is 19.3 Å². The van der Waals surface area contributed by atoms with Crippen molar-refractivity contribution < 1.29 is 42.9 Å². The van der Waals surface area contributed by atoms with E-state index in [0.29, 0.717) is 55.9 Å². The third kappa shape index (κ3) is 10.2. The molecule has 0 bridgehead atoms. The molecule has 5 aromatic rings.